The van der Waals surface area contributed by atoms with Crippen LogP contribution in [0.1, 0.15) is 19.4 Å². The number of aromatic amines is 1. The highest BCUT2D eigenvalue weighted by Gasteiger charge is 2.35. The van der Waals surface area contributed by atoms with Gasteiger partial charge in [0.25, 0.3) is 0 Å². The summed E-state index contributed by atoms with van der Waals surface area (Å²) in [5, 5.41) is 0. The highest BCUT2D eigenvalue weighted by molar-refractivity contribution is 5.75. The Morgan fingerprint density at radius 2 is 2.00 bits per heavy atom. The van der Waals surface area contributed by atoms with E-state index in [9.17, 15) is 4.79 Å². The monoisotopic (exact) mass is 375 g/mol. The summed E-state index contributed by atoms with van der Waals surface area (Å²) in [6, 6.07) is 7.63. The van der Waals surface area contributed by atoms with E-state index in [4.69, 9.17) is 9.47 Å². The second kappa shape index (κ2) is 5.91. The van der Waals surface area contributed by atoms with Gasteiger partial charge < -0.3 is 14.5 Å². The first kappa shape index (κ1) is 16.5. The highest BCUT2D eigenvalue weighted by Crippen LogP contribution is 2.44. The molecule has 0 radical (unpaired) electrons. The quantitative estimate of drug-likeness (QED) is 0.592. The summed E-state index contributed by atoms with van der Waals surface area (Å²) in [6.07, 6.45) is 6.34. The minimum Gasteiger partial charge on any atom is -0.492 e. The molecule has 5 rings (SSSR count). The van der Waals surface area contributed by atoms with Crippen molar-refractivity contribution in [3.63, 3.8) is 0 Å². The molecule has 0 atom stereocenters. The van der Waals surface area contributed by atoms with E-state index < -0.39 is 0 Å². The average Bonchev–Trinajstić information content (AvgIpc) is 3.19. The van der Waals surface area contributed by atoms with Gasteiger partial charge in [-0.15, -0.1) is 0 Å². The molecular formula is C20H17N5O3. The number of fused-ring (bicyclic) bond motifs is 2. The molecule has 0 saturated heterocycles. The Bertz CT molecular complexity index is 1240. The van der Waals surface area contributed by atoms with Crippen molar-refractivity contribution in [2.45, 2.75) is 19.3 Å². The summed E-state index contributed by atoms with van der Waals surface area (Å²) in [5.74, 6) is 1.48. The number of aromatic nitrogens is 5. The molecule has 140 valence electrons. The van der Waals surface area contributed by atoms with Crippen LogP contribution < -0.4 is 15.2 Å². The fourth-order valence-electron chi connectivity index (χ4n) is 3.50. The number of ether oxygens (including phenoxy) is 2. The van der Waals surface area contributed by atoms with Gasteiger partial charge >= 0.3 is 11.7 Å². The van der Waals surface area contributed by atoms with Crippen LogP contribution in [-0.2, 0) is 5.41 Å². The highest BCUT2D eigenvalue weighted by atomic mass is 16.5. The van der Waals surface area contributed by atoms with Crippen molar-refractivity contribution in [2.75, 3.05) is 6.61 Å². The second-order valence-electron chi connectivity index (χ2n) is 7.29. The minimum absolute atomic E-state index is 0.157. The fraction of sp³-hybridized carbons (Fsp3) is 0.200. The summed E-state index contributed by atoms with van der Waals surface area (Å²) >= 11 is 0. The van der Waals surface area contributed by atoms with Gasteiger partial charge in [0.2, 0.25) is 0 Å². The van der Waals surface area contributed by atoms with Gasteiger partial charge in [-0.3, -0.25) is 9.55 Å². The fourth-order valence-corrected chi connectivity index (χ4v) is 3.50. The molecule has 28 heavy (non-hydrogen) atoms. The Morgan fingerprint density at radius 3 is 2.82 bits per heavy atom. The molecule has 0 fully saturated rings. The predicted octanol–water partition coefficient (Wildman–Crippen LogP) is 2.97. The van der Waals surface area contributed by atoms with Gasteiger partial charge in [0.15, 0.2) is 0 Å². The number of imidazole rings is 1. The van der Waals surface area contributed by atoms with Gasteiger partial charge in [0, 0.05) is 17.2 Å². The van der Waals surface area contributed by atoms with E-state index in [1.807, 2.05) is 18.2 Å². The molecule has 0 saturated carbocycles. The third-order valence-electron chi connectivity index (χ3n) is 4.81. The molecule has 8 nitrogen and oxygen atoms in total. The van der Waals surface area contributed by atoms with Crippen molar-refractivity contribution >= 4 is 11.0 Å². The number of nitrogens with zero attached hydrogens (tertiary/aromatic N) is 4. The van der Waals surface area contributed by atoms with Crippen LogP contribution in [0.5, 0.6) is 17.5 Å². The molecule has 3 aromatic heterocycles. The maximum Gasteiger partial charge on any atom is 0.331 e. The molecule has 0 spiro atoms. The van der Waals surface area contributed by atoms with Gasteiger partial charge in [-0.2, -0.15) is 0 Å². The molecule has 1 aliphatic rings. The lowest BCUT2D eigenvalue weighted by Gasteiger charge is -2.18. The third-order valence-corrected chi connectivity index (χ3v) is 4.81. The zero-order valence-electron chi connectivity index (χ0n) is 15.3. The first-order valence-corrected chi connectivity index (χ1v) is 8.84. The van der Waals surface area contributed by atoms with Crippen LogP contribution in [0.3, 0.4) is 0 Å². The van der Waals surface area contributed by atoms with E-state index in [0.717, 1.165) is 11.3 Å². The lowest BCUT2D eigenvalue weighted by Crippen LogP contribution is -2.19. The van der Waals surface area contributed by atoms with Gasteiger partial charge in [-0.25, -0.2) is 14.8 Å². The van der Waals surface area contributed by atoms with Crippen molar-refractivity contribution in [1.82, 2.24) is 24.5 Å². The van der Waals surface area contributed by atoms with E-state index in [-0.39, 0.29) is 17.1 Å². The molecular weight excluding hydrogens is 358 g/mol. The molecule has 0 unspecified atom stereocenters. The number of pyridine rings is 1. The van der Waals surface area contributed by atoms with Crippen LogP contribution >= 0.6 is 0 Å². The molecule has 4 heterocycles. The van der Waals surface area contributed by atoms with Crippen molar-refractivity contribution in [3.8, 4) is 23.2 Å². The number of benzene rings is 1. The van der Waals surface area contributed by atoms with Crippen molar-refractivity contribution in [2.24, 2.45) is 0 Å². The molecule has 1 N–H and O–H groups in total. The molecule has 1 aliphatic heterocycles. The maximum absolute atomic E-state index is 12.3. The Balaban J connectivity index is 1.50. The minimum atomic E-state index is -0.278. The smallest absolute Gasteiger partial charge is 0.331 e. The number of H-pyrrole nitrogens is 1. The van der Waals surface area contributed by atoms with E-state index in [1.54, 1.807) is 30.9 Å². The Hall–Kier alpha value is -3.68. The van der Waals surface area contributed by atoms with Crippen molar-refractivity contribution in [1.29, 1.82) is 0 Å². The Kier molecular flexibility index (Phi) is 3.48. The van der Waals surface area contributed by atoms with Gasteiger partial charge in [-0.1, -0.05) is 19.9 Å². The van der Waals surface area contributed by atoms with Crippen LogP contribution in [0.25, 0.3) is 16.7 Å². The van der Waals surface area contributed by atoms with E-state index in [0.29, 0.717) is 29.1 Å². The lowest BCUT2D eigenvalue weighted by atomic mass is 9.86. The number of hydrogen-bond acceptors (Lipinski definition) is 6. The summed E-state index contributed by atoms with van der Waals surface area (Å²) in [6.45, 7) is 4.81. The summed E-state index contributed by atoms with van der Waals surface area (Å²) in [7, 11) is 0. The van der Waals surface area contributed by atoms with Crippen LogP contribution in [0.15, 0.2) is 53.8 Å². The van der Waals surface area contributed by atoms with Crippen molar-refractivity contribution in [3.05, 3.63) is 65.1 Å². The standard InChI is InChI=1S/C20H17N5O3/c1-20(2)11-27-15-4-3-5-16(17(15)20)28-18-22-8-12(9-23-18)25-14-10-21-7-6-13(14)24-19(25)26/h3-10H,11H2,1-2H3,(H,24,26). The lowest BCUT2D eigenvalue weighted by molar-refractivity contribution is 0.290. The summed E-state index contributed by atoms with van der Waals surface area (Å²) in [4.78, 5) is 27.7. The van der Waals surface area contributed by atoms with E-state index in [2.05, 4.69) is 33.8 Å². The zero-order valence-corrected chi connectivity index (χ0v) is 15.3. The zero-order chi connectivity index (χ0) is 19.3. The largest absolute Gasteiger partial charge is 0.492 e. The van der Waals surface area contributed by atoms with E-state index >= 15 is 0 Å². The van der Waals surface area contributed by atoms with Gasteiger partial charge in [-0.05, 0) is 18.2 Å². The van der Waals surface area contributed by atoms with E-state index in [1.165, 1.54) is 4.57 Å². The van der Waals surface area contributed by atoms with Gasteiger partial charge in [0.1, 0.15) is 11.5 Å². The molecule has 8 heteroatoms. The number of rotatable bonds is 3. The summed E-state index contributed by atoms with van der Waals surface area (Å²) < 4.78 is 13.2. The normalized spacial score (nSPS) is 14.6. The predicted molar refractivity (Wildman–Crippen MR) is 102 cm³/mol. The molecule has 0 aliphatic carbocycles. The topological polar surface area (TPSA) is 94.9 Å². The van der Waals surface area contributed by atoms with Crippen molar-refractivity contribution < 1.29 is 9.47 Å². The van der Waals surface area contributed by atoms with Gasteiger partial charge in [0.05, 0.1) is 41.9 Å². The third kappa shape index (κ3) is 2.53. The Labute approximate surface area is 159 Å². The Morgan fingerprint density at radius 1 is 1.18 bits per heavy atom. The van der Waals surface area contributed by atoms with Crippen LogP contribution in [0.4, 0.5) is 0 Å². The first-order chi connectivity index (χ1) is 13.5. The van der Waals surface area contributed by atoms with Crippen LogP contribution in [0.2, 0.25) is 0 Å². The number of hydrogen-bond donors (Lipinski definition) is 1. The van der Waals surface area contributed by atoms with Crippen LogP contribution in [-0.4, -0.2) is 31.1 Å². The first-order valence-electron chi connectivity index (χ1n) is 8.84. The molecule has 0 bridgehead atoms. The molecule has 1 aromatic carbocycles. The summed E-state index contributed by atoms with van der Waals surface area (Å²) in [5.41, 5.74) is 2.45. The number of nitrogens with one attached hydrogen (secondary N) is 1. The molecule has 0 amide bonds. The maximum atomic E-state index is 12.3. The van der Waals surface area contributed by atoms with Crippen LogP contribution in [0, 0.1) is 0 Å². The SMILES string of the molecule is CC1(C)COc2cccc(Oc3ncc(-n4c(=O)[nH]c5ccncc54)cn3)c21. The molecule has 4 aromatic rings. The average molecular weight is 375 g/mol. The second-order valence-corrected chi connectivity index (χ2v) is 7.29.